The molecule has 3 heterocycles. The molecule has 3 rings (SSSR count). The minimum atomic E-state index is -0.175. The normalized spacial score (nSPS) is 13.8. The zero-order valence-corrected chi connectivity index (χ0v) is 14.4. The lowest BCUT2D eigenvalue weighted by Gasteiger charge is -2.25. The molecule has 7 heteroatoms. The van der Waals surface area contributed by atoms with Crippen LogP contribution in [0.5, 0.6) is 0 Å². The maximum atomic E-state index is 12.2. The van der Waals surface area contributed by atoms with Crippen LogP contribution in [0.25, 0.3) is 0 Å². The summed E-state index contributed by atoms with van der Waals surface area (Å²) in [5.41, 5.74) is 1.67. The predicted molar refractivity (Wildman–Crippen MR) is 92.9 cm³/mol. The second-order valence-electron chi connectivity index (χ2n) is 5.11. The number of nitrogens with zero attached hydrogens (tertiary/aromatic N) is 2. The quantitative estimate of drug-likeness (QED) is 0.902. The summed E-state index contributed by atoms with van der Waals surface area (Å²) >= 11 is 3.27. The summed E-state index contributed by atoms with van der Waals surface area (Å²) in [6, 6.07) is 7.59. The number of anilines is 1. The number of pyridine rings is 1. The van der Waals surface area contributed by atoms with Crippen molar-refractivity contribution in [3.8, 4) is 0 Å². The Kier molecular flexibility index (Phi) is 4.97. The van der Waals surface area contributed by atoms with Crippen LogP contribution < -0.4 is 10.2 Å². The fraction of sp³-hybridized carbons (Fsp3) is 0.312. The van der Waals surface area contributed by atoms with Crippen molar-refractivity contribution in [3.05, 3.63) is 41.0 Å². The minimum Gasteiger partial charge on any atom is -0.349 e. The van der Waals surface area contributed by atoms with Gasteiger partial charge in [-0.2, -0.15) is 0 Å². The monoisotopic (exact) mass is 347 g/mol. The van der Waals surface area contributed by atoms with Crippen molar-refractivity contribution in [1.29, 1.82) is 0 Å². The number of fused-ring (bicyclic) bond motifs is 1. The molecular weight excluding hydrogens is 330 g/mol. The molecule has 1 N–H and O–H groups in total. The van der Waals surface area contributed by atoms with Crippen LogP contribution in [0.4, 0.5) is 5.69 Å². The second kappa shape index (κ2) is 7.14. The van der Waals surface area contributed by atoms with Gasteiger partial charge < -0.3 is 10.2 Å². The number of amides is 2. The Morgan fingerprint density at radius 1 is 1.43 bits per heavy atom. The fourth-order valence-electron chi connectivity index (χ4n) is 2.28. The lowest BCUT2D eigenvalue weighted by atomic mass is 10.3. The predicted octanol–water partition coefficient (Wildman–Crippen LogP) is 2.46. The van der Waals surface area contributed by atoms with Gasteiger partial charge >= 0.3 is 0 Å². The summed E-state index contributed by atoms with van der Waals surface area (Å²) in [5, 5.41) is 2.82. The highest BCUT2D eigenvalue weighted by atomic mass is 32.2. The summed E-state index contributed by atoms with van der Waals surface area (Å²) < 4.78 is 1.12. The maximum absolute atomic E-state index is 12.2. The lowest BCUT2D eigenvalue weighted by molar-refractivity contribution is -0.123. The van der Waals surface area contributed by atoms with Gasteiger partial charge in [-0.05, 0) is 24.6 Å². The third-order valence-electron chi connectivity index (χ3n) is 3.49. The number of aromatic nitrogens is 1. The first kappa shape index (κ1) is 16.0. The van der Waals surface area contributed by atoms with Crippen molar-refractivity contribution in [1.82, 2.24) is 10.3 Å². The third kappa shape index (κ3) is 3.73. The zero-order valence-electron chi connectivity index (χ0n) is 12.7. The first-order chi connectivity index (χ1) is 11.2. The molecule has 120 valence electrons. The summed E-state index contributed by atoms with van der Waals surface area (Å²) in [5.74, 6) is 0.200. The van der Waals surface area contributed by atoms with Crippen molar-refractivity contribution in [2.75, 3.05) is 17.2 Å². The van der Waals surface area contributed by atoms with E-state index in [4.69, 9.17) is 0 Å². The first-order valence-electron chi connectivity index (χ1n) is 7.40. The summed E-state index contributed by atoms with van der Waals surface area (Å²) in [6.07, 6.45) is 2.63. The minimum absolute atomic E-state index is 0.0176. The van der Waals surface area contributed by atoms with E-state index in [9.17, 15) is 9.59 Å². The summed E-state index contributed by atoms with van der Waals surface area (Å²) in [4.78, 5) is 31.4. The highest BCUT2D eigenvalue weighted by Crippen LogP contribution is 2.42. The maximum Gasteiger partial charge on any atom is 0.240 e. The number of carbonyl (C=O) groups excluding carboxylic acids is 2. The average Bonchev–Trinajstić information content (AvgIpc) is 3.00. The summed E-state index contributed by atoms with van der Waals surface area (Å²) in [7, 11) is 0. The fourth-order valence-corrected chi connectivity index (χ4v) is 4.57. The molecule has 5 nitrogen and oxygen atoms in total. The highest BCUT2D eigenvalue weighted by Gasteiger charge is 2.28. The Bertz CT molecular complexity index is 715. The Morgan fingerprint density at radius 3 is 3.04 bits per heavy atom. The molecule has 0 aliphatic carbocycles. The molecule has 2 amide bonds. The molecule has 0 saturated heterocycles. The van der Waals surface area contributed by atoms with Crippen molar-refractivity contribution in [3.63, 3.8) is 0 Å². The topological polar surface area (TPSA) is 62.3 Å². The molecular formula is C16H17N3O2S2. The average molecular weight is 347 g/mol. The van der Waals surface area contributed by atoms with Crippen molar-refractivity contribution >= 4 is 40.6 Å². The summed E-state index contributed by atoms with van der Waals surface area (Å²) in [6.45, 7) is 2.51. The third-order valence-corrected chi connectivity index (χ3v) is 6.02. The van der Waals surface area contributed by atoms with E-state index in [1.165, 1.54) is 4.88 Å². The van der Waals surface area contributed by atoms with E-state index >= 15 is 0 Å². The molecule has 0 unspecified atom stereocenters. The molecule has 0 fully saturated rings. The van der Waals surface area contributed by atoms with Crippen LogP contribution in [-0.4, -0.2) is 29.1 Å². The van der Waals surface area contributed by atoms with Gasteiger partial charge in [-0.15, -0.1) is 23.1 Å². The number of carbonyl (C=O) groups is 2. The molecule has 1 aliphatic heterocycles. The lowest BCUT2D eigenvalue weighted by Crippen LogP contribution is -2.42. The van der Waals surface area contributed by atoms with E-state index in [-0.39, 0.29) is 18.4 Å². The van der Waals surface area contributed by atoms with E-state index in [1.807, 2.05) is 24.3 Å². The van der Waals surface area contributed by atoms with Crippen molar-refractivity contribution < 1.29 is 9.59 Å². The van der Waals surface area contributed by atoms with Crippen LogP contribution in [0, 0.1) is 0 Å². The van der Waals surface area contributed by atoms with E-state index in [0.29, 0.717) is 12.3 Å². The Hall–Kier alpha value is -1.86. The first-order valence-corrected chi connectivity index (χ1v) is 9.20. The smallest absolute Gasteiger partial charge is 0.240 e. The van der Waals surface area contributed by atoms with E-state index < -0.39 is 0 Å². The van der Waals surface area contributed by atoms with Crippen LogP contribution in [0.2, 0.25) is 0 Å². The molecule has 0 saturated carbocycles. The molecule has 23 heavy (non-hydrogen) atoms. The number of rotatable bonds is 5. The van der Waals surface area contributed by atoms with Gasteiger partial charge in [0.25, 0.3) is 0 Å². The van der Waals surface area contributed by atoms with Gasteiger partial charge in [-0.25, -0.2) is 0 Å². The Morgan fingerprint density at radius 2 is 2.30 bits per heavy atom. The molecule has 1 aliphatic rings. The van der Waals surface area contributed by atoms with Crippen molar-refractivity contribution in [2.24, 2.45) is 0 Å². The van der Waals surface area contributed by atoms with Crippen LogP contribution in [0.15, 0.2) is 34.7 Å². The van der Waals surface area contributed by atoms with Crippen LogP contribution in [0.3, 0.4) is 0 Å². The second-order valence-corrected chi connectivity index (χ2v) is 7.49. The van der Waals surface area contributed by atoms with Gasteiger partial charge in [0.15, 0.2) is 0 Å². The molecule has 0 spiro atoms. The Balaban J connectivity index is 1.66. The number of thioether (sulfide) groups is 1. The molecule has 0 radical (unpaired) electrons. The van der Waals surface area contributed by atoms with Crippen molar-refractivity contribution in [2.45, 2.75) is 24.1 Å². The number of hydrogen-bond donors (Lipinski definition) is 1. The number of aryl methyl sites for hydroxylation is 1. The molecule has 0 atom stereocenters. The van der Waals surface area contributed by atoms with Gasteiger partial charge in [0.05, 0.1) is 27.9 Å². The van der Waals surface area contributed by atoms with Crippen LogP contribution in [0.1, 0.15) is 17.5 Å². The number of hydrogen-bond acceptors (Lipinski definition) is 5. The largest absolute Gasteiger partial charge is 0.349 e. The van der Waals surface area contributed by atoms with Gasteiger partial charge in [-0.3, -0.25) is 14.6 Å². The van der Waals surface area contributed by atoms with Gasteiger partial charge in [0, 0.05) is 11.1 Å². The van der Waals surface area contributed by atoms with Gasteiger partial charge in [0.2, 0.25) is 11.8 Å². The highest BCUT2D eigenvalue weighted by molar-refractivity contribution is 8.02. The van der Waals surface area contributed by atoms with E-state index in [1.54, 1.807) is 34.2 Å². The standard InChI is InChI=1S/C16H17N3O2S2/c1-2-12-7-13-16(23-12)22-10-15(21)19(13)9-14(20)18-8-11-5-3-4-6-17-11/h3-7H,2,8-10H2,1H3,(H,18,20). The number of thiophene rings is 1. The van der Waals surface area contributed by atoms with Crippen LogP contribution in [-0.2, 0) is 22.6 Å². The molecule has 0 bridgehead atoms. The molecule has 2 aromatic rings. The van der Waals surface area contributed by atoms with Crippen LogP contribution >= 0.6 is 23.1 Å². The van der Waals surface area contributed by atoms with Gasteiger partial charge in [0.1, 0.15) is 6.54 Å². The zero-order chi connectivity index (χ0) is 16.2. The molecule has 2 aromatic heterocycles. The van der Waals surface area contributed by atoms with E-state index in [2.05, 4.69) is 17.2 Å². The SMILES string of the molecule is CCc1cc2c(s1)SCC(=O)N2CC(=O)NCc1ccccn1. The van der Waals surface area contributed by atoms with Gasteiger partial charge in [-0.1, -0.05) is 13.0 Å². The van der Waals surface area contributed by atoms with E-state index in [0.717, 1.165) is 22.0 Å². The molecule has 0 aromatic carbocycles. The Labute approximate surface area is 143 Å². The number of nitrogens with one attached hydrogen (secondary N) is 1.